The first-order valence-corrected chi connectivity index (χ1v) is 11.8. The van der Waals surface area contributed by atoms with E-state index in [1.165, 1.54) is 57.8 Å². The van der Waals surface area contributed by atoms with Gasteiger partial charge < -0.3 is 4.74 Å². The summed E-state index contributed by atoms with van der Waals surface area (Å²) in [5, 5.41) is 0.554. The van der Waals surface area contributed by atoms with Gasteiger partial charge in [0.1, 0.15) is 5.60 Å². The maximum atomic E-state index is 6.15. The van der Waals surface area contributed by atoms with Crippen LogP contribution in [0, 0.1) is 0 Å². The third-order valence-corrected chi connectivity index (χ3v) is 9.27. The lowest BCUT2D eigenvalue weighted by Gasteiger charge is -2.36. The van der Waals surface area contributed by atoms with E-state index in [0.717, 1.165) is 0 Å². The van der Waals surface area contributed by atoms with E-state index >= 15 is 0 Å². The van der Waals surface area contributed by atoms with Gasteiger partial charge in [0.25, 0.3) is 0 Å². The van der Waals surface area contributed by atoms with Gasteiger partial charge in [-0.25, -0.2) is 0 Å². The van der Waals surface area contributed by atoms with E-state index < -0.39 is 8.07 Å². The SMILES string of the molecule is CCCCCCCCC12CC1([Si](C)(C)C)CC=CO2. The molecule has 0 spiro atoms. The fourth-order valence-corrected chi connectivity index (χ4v) is 7.21. The van der Waals surface area contributed by atoms with Gasteiger partial charge in [-0.3, -0.25) is 0 Å². The van der Waals surface area contributed by atoms with Crippen molar-refractivity contribution in [1.82, 2.24) is 0 Å². The van der Waals surface area contributed by atoms with Crippen LogP contribution in [0.15, 0.2) is 12.3 Å². The molecule has 1 nitrogen and oxygen atoms in total. The summed E-state index contributed by atoms with van der Waals surface area (Å²) < 4.78 is 6.15. The minimum Gasteiger partial charge on any atom is -0.495 e. The van der Waals surface area contributed by atoms with Crippen molar-refractivity contribution < 1.29 is 4.74 Å². The molecule has 0 aromatic carbocycles. The quantitative estimate of drug-likeness (QED) is 0.398. The molecule has 0 radical (unpaired) electrons. The molecule has 0 N–H and O–H groups in total. The third-order valence-electron chi connectivity index (χ3n) is 5.56. The predicted octanol–water partition coefficient (Wildman–Crippen LogP) is 5.89. The third kappa shape index (κ3) is 2.79. The van der Waals surface area contributed by atoms with Crippen LogP contribution < -0.4 is 0 Å². The Morgan fingerprint density at radius 1 is 1.05 bits per heavy atom. The molecule has 2 aliphatic rings. The van der Waals surface area contributed by atoms with Crippen LogP contribution in [0.5, 0.6) is 0 Å². The second kappa shape index (κ2) is 5.63. The van der Waals surface area contributed by atoms with E-state index in [2.05, 4.69) is 32.6 Å². The lowest BCUT2D eigenvalue weighted by molar-refractivity contribution is 0.0852. The summed E-state index contributed by atoms with van der Waals surface area (Å²) in [7, 11) is -1.14. The van der Waals surface area contributed by atoms with Crippen LogP contribution in [-0.2, 0) is 4.74 Å². The molecule has 1 aliphatic heterocycles. The lowest BCUT2D eigenvalue weighted by atomic mass is 10.0. The standard InChI is InChI=1S/C17H32OSi/c1-5-6-7-8-9-10-12-16-15-17(16,19(2,3)4)13-11-14-18-16/h11,14H,5-10,12-13,15H2,1-4H3. The zero-order valence-corrected chi connectivity index (χ0v) is 14.4. The molecule has 2 atom stereocenters. The Morgan fingerprint density at radius 3 is 2.42 bits per heavy atom. The first-order chi connectivity index (χ1) is 8.97. The van der Waals surface area contributed by atoms with Crippen LogP contribution in [0.3, 0.4) is 0 Å². The molecule has 0 saturated heterocycles. The molecule has 1 fully saturated rings. The zero-order chi connectivity index (χ0) is 14.0. The average Bonchev–Trinajstić information content (AvgIpc) is 3.04. The van der Waals surface area contributed by atoms with E-state index in [-0.39, 0.29) is 5.60 Å². The van der Waals surface area contributed by atoms with Gasteiger partial charge >= 0.3 is 0 Å². The summed E-state index contributed by atoms with van der Waals surface area (Å²) in [6.07, 6.45) is 16.5. The minimum absolute atomic E-state index is 0.247. The van der Waals surface area contributed by atoms with Gasteiger partial charge in [0.15, 0.2) is 0 Å². The van der Waals surface area contributed by atoms with Crippen LogP contribution in [0.25, 0.3) is 0 Å². The molecule has 0 aromatic heterocycles. The van der Waals surface area contributed by atoms with Crippen LogP contribution in [0.2, 0.25) is 24.7 Å². The highest BCUT2D eigenvalue weighted by molar-refractivity contribution is 6.80. The van der Waals surface area contributed by atoms with Crippen molar-refractivity contribution in [1.29, 1.82) is 0 Å². The molecule has 1 aliphatic carbocycles. The highest BCUT2D eigenvalue weighted by Crippen LogP contribution is 2.75. The molecule has 0 amide bonds. The molecule has 1 heterocycles. The van der Waals surface area contributed by atoms with Crippen molar-refractivity contribution in [3.63, 3.8) is 0 Å². The number of fused-ring (bicyclic) bond motifs is 1. The van der Waals surface area contributed by atoms with Gasteiger partial charge in [-0.1, -0.05) is 58.7 Å². The van der Waals surface area contributed by atoms with Gasteiger partial charge in [-0.15, -0.1) is 0 Å². The summed E-state index contributed by atoms with van der Waals surface area (Å²) in [4.78, 5) is 0. The Balaban J connectivity index is 1.81. The Bertz CT molecular complexity index is 331. The smallest absolute Gasteiger partial charge is 0.112 e. The second-order valence-electron chi connectivity index (χ2n) is 7.71. The molecule has 1 saturated carbocycles. The molecule has 19 heavy (non-hydrogen) atoms. The van der Waals surface area contributed by atoms with Gasteiger partial charge in [-0.2, -0.15) is 0 Å². The fourth-order valence-electron chi connectivity index (χ4n) is 4.12. The molecular formula is C17H32OSi. The highest BCUT2D eigenvalue weighted by atomic mass is 28.3. The predicted molar refractivity (Wildman–Crippen MR) is 86.2 cm³/mol. The molecule has 0 aromatic rings. The molecular weight excluding hydrogens is 248 g/mol. The van der Waals surface area contributed by atoms with Crippen LogP contribution in [0.4, 0.5) is 0 Å². The maximum absolute atomic E-state index is 6.15. The molecule has 110 valence electrons. The molecule has 0 bridgehead atoms. The summed E-state index contributed by atoms with van der Waals surface area (Å²) in [6.45, 7) is 9.86. The number of allylic oxidation sites excluding steroid dienone is 1. The van der Waals surface area contributed by atoms with Crippen LogP contribution >= 0.6 is 0 Å². The second-order valence-corrected chi connectivity index (χ2v) is 13.2. The number of ether oxygens (including phenoxy) is 1. The summed E-state index contributed by atoms with van der Waals surface area (Å²) >= 11 is 0. The van der Waals surface area contributed by atoms with E-state index in [1.54, 1.807) is 0 Å². The Labute approximate surface area is 120 Å². The normalized spacial score (nSPS) is 32.8. The van der Waals surface area contributed by atoms with E-state index in [1.807, 2.05) is 6.26 Å². The van der Waals surface area contributed by atoms with Crippen molar-refractivity contribution in [2.45, 2.75) is 95.0 Å². The van der Waals surface area contributed by atoms with Crippen LogP contribution in [0.1, 0.15) is 64.7 Å². The number of rotatable bonds is 8. The van der Waals surface area contributed by atoms with Crippen molar-refractivity contribution in [3.8, 4) is 0 Å². The van der Waals surface area contributed by atoms with E-state index in [0.29, 0.717) is 5.04 Å². The van der Waals surface area contributed by atoms with Crippen LogP contribution in [-0.4, -0.2) is 13.7 Å². The topological polar surface area (TPSA) is 9.23 Å². The summed E-state index contributed by atoms with van der Waals surface area (Å²) in [6, 6.07) is 0. The zero-order valence-electron chi connectivity index (χ0n) is 13.4. The maximum Gasteiger partial charge on any atom is 0.112 e. The average molecular weight is 281 g/mol. The first kappa shape index (κ1) is 15.2. The number of hydrogen-bond acceptors (Lipinski definition) is 1. The van der Waals surface area contributed by atoms with Gasteiger partial charge in [0.2, 0.25) is 0 Å². The Kier molecular flexibility index (Phi) is 4.49. The summed E-state index contributed by atoms with van der Waals surface area (Å²) in [5.41, 5.74) is 0.247. The van der Waals surface area contributed by atoms with Gasteiger partial charge in [0, 0.05) is 5.04 Å². The van der Waals surface area contributed by atoms with E-state index in [9.17, 15) is 0 Å². The number of unbranched alkanes of at least 4 members (excludes halogenated alkanes) is 5. The Hall–Kier alpha value is -0.243. The van der Waals surface area contributed by atoms with Gasteiger partial charge in [0.05, 0.1) is 14.3 Å². The molecule has 2 heteroatoms. The first-order valence-electron chi connectivity index (χ1n) is 8.30. The summed E-state index contributed by atoms with van der Waals surface area (Å²) in [5.74, 6) is 0. The minimum atomic E-state index is -1.14. The largest absolute Gasteiger partial charge is 0.495 e. The fraction of sp³-hybridized carbons (Fsp3) is 0.882. The monoisotopic (exact) mass is 280 g/mol. The lowest BCUT2D eigenvalue weighted by Crippen LogP contribution is -2.38. The Morgan fingerprint density at radius 2 is 1.74 bits per heavy atom. The van der Waals surface area contributed by atoms with Crippen molar-refractivity contribution in [2.75, 3.05) is 0 Å². The van der Waals surface area contributed by atoms with Crippen molar-refractivity contribution >= 4 is 8.07 Å². The van der Waals surface area contributed by atoms with Crippen molar-refractivity contribution in [2.24, 2.45) is 0 Å². The number of hydrogen-bond donors (Lipinski definition) is 0. The van der Waals surface area contributed by atoms with Gasteiger partial charge in [-0.05, 0) is 31.8 Å². The molecule has 2 rings (SSSR count). The highest BCUT2D eigenvalue weighted by Gasteiger charge is 2.73. The van der Waals surface area contributed by atoms with Crippen molar-refractivity contribution in [3.05, 3.63) is 12.3 Å². The molecule has 2 unspecified atom stereocenters. The van der Waals surface area contributed by atoms with E-state index in [4.69, 9.17) is 4.74 Å².